The Morgan fingerprint density at radius 1 is 1.67 bits per heavy atom. The topological polar surface area (TPSA) is 33.1 Å². The lowest BCUT2D eigenvalue weighted by Gasteiger charge is -1.93. The van der Waals surface area contributed by atoms with Crippen LogP contribution in [0.3, 0.4) is 0 Å². The second-order valence-corrected chi connectivity index (χ2v) is 2.31. The standard InChI is InChI=1S/C8H5ClFNO/c9-8-6(2-1-3-12)4-7(10)5-11-8/h4-5,12H,3H2. The zero-order valence-electron chi connectivity index (χ0n) is 6.01. The van der Waals surface area contributed by atoms with Gasteiger partial charge in [-0.15, -0.1) is 0 Å². The molecule has 0 fully saturated rings. The normalized spacial score (nSPS) is 8.92. The van der Waals surface area contributed by atoms with Crippen LogP contribution in [0.1, 0.15) is 5.56 Å². The van der Waals surface area contributed by atoms with E-state index >= 15 is 0 Å². The van der Waals surface area contributed by atoms with Gasteiger partial charge in [-0.1, -0.05) is 23.4 Å². The third kappa shape index (κ3) is 2.19. The van der Waals surface area contributed by atoms with Gasteiger partial charge in [0, 0.05) is 0 Å². The Bertz CT molecular complexity index is 343. The average molecular weight is 186 g/mol. The number of hydrogen-bond donors (Lipinski definition) is 1. The number of halogens is 2. The maximum Gasteiger partial charge on any atom is 0.144 e. The van der Waals surface area contributed by atoms with Crippen LogP contribution in [0.2, 0.25) is 5.15 Å². The van der Waals surface area contributed by atoms with Crippen molar-refractivity contribution in [3.63, 3.8) is 0 Å². The molecule has 0 radical (unpaired) electrons. The Balaban J connectivity index is 3.05. The van der Waals surface area contributed by atoms with Crippen molar-refractivity contribution >= 4 is 11.6 Å². The van der Waals surface area contributed by atoms with E-state index in [2.05, 4.69) is 16.8 Å². The van der Waals surface area contributed by atoms with E-state index in [9.17, 15) is 4.39 Å². The summed E-state index contributed by atoms with van der Waals surface area (Å²) in [4.78, 5) is 3.54. The highest BCUT2D eigenvalue weighted by Gasteiger charge is 1.99. The van der Waals surface area contributed by atoms with Gasteiger partial charge >= 0.3 is 0 Å². The van der Waals surface area contributed by atoms with Crippen molar-refractivity contribution in [2.45, 2.75) is 0 Å². The lowest BCUT2D eigenvalue weighted by atomic mass is 10.3. The summed E-state index contributed by atoms with van der Waals surface area (Å²) in [6, 6.07) is 1.16. The first-order valence-corrected chi connectivity index (χ1v) is 3.52. The van der Waals surface area contributed by atoms with Gasteiger partial charge in [0.05, 0.1) is 11.8 Å². The van der Waals surface area contributed by atoms with E-state index < -0.39 is 5.82 Å². The van der Waals surface area contributed by atoms with E-state index in [0.29, 0.717) is 0 Å². The molecule has 0 aliphatic carbocycles. The largest absolute Gasteiger partial charge is 0.384 e. The molecule has 2 nitrogen and oxygen atoms in total. The summed E-state index contributed by atoms with van der Waals surface area (Å²) in [5, 5.41) is 8.49. The molecule has 1 N–H and O–H groups in total. The minimum atomic E-state index is -0.498. The summed E-state index contributed by atoms with van der Waals surface area (Å²) in [6.45, 7) is -0.285. The molecule has 0 unspecified atom stereocenters. The molecule has 62 valence electrons. The van der Waals surface area contributed by atoms with Crippen LogP contribution in [0.15, 0.2) is 12.3 Å². The molecule has 4 heteroatoms. The Labute approximate surface area is 74.0 Å². The Morgan fingerprint density at radius 3 is 3.08 bits per heavy atom. The smallest absolute Gasteiger partial charge is 0.144 e. The molecule has 0 spiro atoms. The number of aromatic nitrogens is 1. The number of aliphatic hydroxyl groups excluding tert-OH is 1. The maximum atomic E-state index is 12.5. The first-order valence-electron chi connectivity index (χ1n) is 3.15. The van der Waals surface area contributed by atoms with Crippen molar-refractivity contribution in [3.8, 4) is 11.8 Å². The van der Waals surface area contributed by atoms with E-state index in [4.69, 9.17) is 16.7 Å². The van der Waals surface area contributed by atoms with E-state index in [1.54, 1.807) is 0 Å². The van der Waals surface area contributed by atoms with Gasteiger partial charge < -0.3 is 5.11 Å². The summed E-state index contributed by atoms with van der Waals surface area (Å²) in [5.74, 6) is 4.32. The predicted octanol–water partition coefficient (Wildman–Crippen LogP) is 1.22. The minimum Gasteiger partial charge on any atom is -0.384 e. The highest BCUT2D eigenvalue weighted by Crippen LogP contribution is 2.11. The number of nitrogens with zero attached hydrogens (tertiary/aromatic N) is 1. The molecular formula is C8H5ClFNO. The Morgan fingerprint density at radius 2 is 2.42 bits per heavy atom. The molecule has 0 saturated heterocycles. The summed E-state index contributed by atoms with van der Waals surface area (Å²) >= 11 is 5.57. The van der Waals surface area contributed by atoms with Crippen molar-refractivity contribution in [1.82, 2.24) is 4.98 Å². The first-order chi connectivity index (χ1) is 5.74. The fourth-order valence-electron chi connectivity index (χ4n) is 0.645. The number of rotatable bonds is 0. The zero-order chi connectivity index (χ0) is 8.97. The van der Waals surface area contributed by atoms with Gasteiger partial charge in [-0.25, -0.2) is 9.37 Å². The molecule has 1 aromatic rings. The van der Waals surface area contributed by atoms with Crippen molar-refractivity contribution in [1.29, 1.82) is 0 Å². The average Bonchev–Trinajstić information content (AvgIpc) is 2.07. The third-order valence-corrected chi connectivity index (χ3v) is 1.41. The van der Waals surface area contributed by atoms with Crippen molar-refractivity contribution < 1.29 is 9.50 Å². The fourth-order valence-corrected chi connectivity index (χ4v) is 0.796. The van der Waals surface area contributed by atoms with Crippen molar-refractivity contribution in [3.05, 3.63) is 28.8 Å². The van der Waals surface area contributed by atoms with E-state index in [-0.39, 0.29) is 17.3 Å². The van der Waals surface area contributed by atoms with Crippen LogP contribution in [0, 0.1) is 17.7 Å². The van der Waals surface area contributed by atoms with Gasteiger partial charge in [0.2, 0.25) is 0 Å². The van der Waals surface area contributed by atoms with Crippen molar-refractivity contribution in [2.75, 3.05) is 6.61 Å². The summed E-state index contributed by atoms with van der Waals surface area (Å²) in [7, 11) is 0. The van der Waals surface area contributed by atoms with Gasteiger partial charge in [0.15, 0.2) is 0 Å². The second-order valence-electron chi connectivity index (χ2n) is 1.95. The summed E-state index contributed by atoms with van der Waals surface area (Å²) in [6.07, 6.45) is 1.01. The predicted molar refractivity (Wildman–Crippen MR) is 43.2 cm³/mol. The van der Waals surface area contributed by atoms with Gasteiger partial charge in [0.25, 0.3) is 0 Å². The molecule has 12 heavy (non-hydrogen) atoms. The molecule has 0 bridgehead atoms. The highest BCUT2D eigenvalue weighted by molar-refractivity contribution is 6.30. The van der Waals surface area contributed by atoms with Crippen LogP contribution in [0.5, 0.6) is 0 Å². The number of hydrogen-bond acceptors (Lipinski definition) is 2. The van der Waals surface area contributed by atoms with Crippen LogP contribution in [0.4, 0.5) is 4.39 Å². The van der Waals surface area contributed by atoms with Crippen LogP contribution >= 0.6 is 11.6 Å². The summed E-state index contributed by atoms with van der Waals surface area (Å²) < 4.78 is 12.5. The molecular weight excluding hydrogens is 181 g/mol. The fraction of sp³-hybridized carbons (Fsp3) is 0.125. The van der Waals surface area contributed by atoms with Gasteiger partial charge in [-0.05, 0) is 6.07 Å². The Hall–Kier alpha value is -1.11. The lowest BCUT2D eigenvalue weighted by Crippen LogP contribution is -1.85. The van der Waals surface area contributed by atoms with Crippen LogP contribution in [-0.2, 0) is 0 Å². The number of pyridine rings is 1. The maximum absolute atomic E-state index is 12.5. The number of aliphatic hydroxyl groups is 1. The van der Waals surface area contributed by atoms with Crippen LogP contribution in [0.25, 0.3) is 0 Å². The molecule has 0 atom stereocenters. The van der Waals surface area contributed by atoms with Crippen LogP contribution in [-0.4, -0.2) is 16.7 Å². The molecule has 0 aliphatic heterocycles. The van der Waals surface area contributed by atoms with E-state index in [1.165, 1.54) is 0 Å². The molecule has 1 rings (SSSR count). The lowest BCUT2D eigenvalue weighted by molar-refractivity contribution is 0.350. The molecule has 0 aliphatic rings. The molecule has 1 heterocycles. The van der Waals surface area contributed by atoms with E-state index in [1.807, 2.05) is 0 Å². The third-order valence-electron chi connectivity index (χ3n) is 1.11. The van der Waals surface area contributed by atoms with Gasteiger partial charge in [0.1, 0.15) is 17.6 Å². The Kier molecular flexibility index (Phi) is 3.03. The molecule has 0 amide bonds. The molecule has 0 saturated carbocycles. The summed E-state index contributed by atoms with van der Waals surface area (Å²) in [5.41, 5.74) is 0.283. The first kappa shape index (κ1) is 8.98. The SMILES string of the molecule is OCC#Cc1cc(F)cnc1Cl. The van der Waals surface area contributed by atoms with Gasteiger partial charge in [-0.3, -0.25) is 0 Å². The van der Waals surface area contributed by atoms with Crippen LogP contribution < -0.4 is 0 Å². The second kappa shape index (κ2) is 4.05. The van der Waals surface area contributed by atoms with Crippen molar-refractivity contribution in [2.24, 2.45) is 0 Å². The molecule has 0 aromatic carbocycles. The zero-order valence-corrected chi connectivity index (χ0v) is 6.77. The monoisotopic (exact) mass is 185 g/mol. The highest BCUT2D eigenvalue weighted by atomic mass is 35.5. The van der Waals surface area contributed by atoms with E-state index in [0.717, 1.165) is 12.3 Å². The molecule has 1 aromatic heterocycles. The van der Waals surface area contributed by atoms with Gasteiger partial charge in [-0.2, -0.15) is 0 Å². The quantitative estimate of drug-likeness (QED) is 0.487. The minimum absolute atomic E-state index is 0.136.